The SMILES string of the molecule is CCc1cccc(CC)c1NC(=O)CN1CCCN(C(=O)CCc2ccc(OC)cc2)CC1. The molecule has 1 fully saturated rings. The lowest BCUT2D eigenvalue weighted by molar-refractivity contribution is -0.131. The summed E-state index contributed by atoms with van der Waals surface area (Å²) in [5.41, 5.74) is 4.45. The standard InChI is InChI=1S/C27H37N3O3/c1-4-22-8-6-9-23(5-2)27(22)28-25(31)20-29-16-7-17-30(19-18-29)26(32)15-12-21-10-13-24(33-3)14-11-21/h6,8-11,13-14H,4-5,7,12,15-20H2,1-3H3,(H,28,31). The van der Waals surface area contributed by atoms with Gasteiger partial charge in [0.25, 0.3) is 0 Å². The van der Waals surface area contributed by atoms with E-state index in [-0.39, 0.29) is 11.8 Å². The first-order valence-electron chi connectivity index (χ1n) is 12.1. The average molecular weight is 452 g/mol. The molecule has 178 valence electrons. The van der Waals surface area contributed by atoms with E-state index >= 15 is 0 Å². The first-order chi connectivity index (χ1) is 16.0. The molecular weight excluding hydrogens is 414 g/mol. The van der Waals surface area contributed by atoms with Crippen LogP contribution in [0.4, 0.5) is 5.69 Å². The Morgan fingerprint density at radius 1 is 0.939 bits per heavy atom. The second-order valence-electron chi connectivity index (χ2n) is 8.57. The number of nitrogens with one attached hydrogen (secondary N) is 1. The molecule has 0 unspecified atom stereocenters. The van der Waals surface area contributed by atoms with Crippen molar-refractivity contribution in [3.63, 3.8) is 0 Å². The van der Waals surface area contributed by atoms with Crippen molar-refractivity contribution in [3.05, 3.63) is 59.2 Å². The number of carbonyl (C=O) groups excluding carboxylic acids is 2. The van der Waals surface area contributed by atoms with Gasteiger partial charge in [0, 0.05) is 38.3 Å². The molecule has 6 nitrogen and oxygen atoms in total. The quantitative estimate of drug-likeness (QED) is 0.628. The van der Waals surface area contributed by atoms with Gasteiger partial charge in [-0.2, -0.15) is 0 Å². The van der Waals surface area contributed by atoms with E-state index in [0.29, 0.717) is 19.5 Å². The van der Waals surface area contributed by atoms with Gasteiger partial charge in [0.05, 0.1) is 13.7 Å². The Labute approximate surface area is 197 Å². The van der Waals surface area contributed by atoms with E-state index in [1.165, 1.54) is 11.1 Å². The second kappa shape index (κ2) is 12.4. The molecule has 3 rings (SSSR count). The van der Waals surface area contributed by atoms with Gasteiger partial charge in [0.1, 0.15) is 5.75 Å². The number of carbonyl (C=O) groups is 2. The summed E-state index contributed by atoms with van der Waals surface area (Å²) in [4.78, 5) is 29.7. The minimum absolute atomic E-state index is 0.0184. The Morgan fingerprint density at radius 2 is 1.64 bits per heavy atom. The fourth-order valence-electron chi connectivity index (χ4n) is 4.37. The van der Waals surface area contributed by atoms with Crippen molar-refractivity contribution in [3.8, 4) is 5.75 Å². The van der Waals surface area contributed by atoms with E-state index < -0.39 is 0 Å². The number of amides is 2. The van der Waals surface area contributed by atoms with Crippen LogP contribution in [0.3, 0.4) is 0 Å². The van der Waals surface area contributed by atoms with Crippen LogP contribution in [0.15, 0.2) is 42.5 Å². The third-order valence-electron chi connectivity index (χ3n) is 6.36. The minimum Gasteiger partial charge on any atom is -0.497 e. The summed E-state index contributed by atoms with van der Waals surface area (Å²) < 4.78 is 5.19. The van der Waals surface area contributed by atoms with Gasteiger partial charge in [-0.25, -0.2) is 0 Å². The Balaban J connectivity index is 1.48. The van der Waals surface area contributed by atoms with Crippen molar-refractivity contribution in [2.45, 2.75) is 46.0 Å². The lowest BCUT2D eigenvalue weighted by atomic mass is 10.0. The summed E-state index contributed by atoms with van der Waals surface area (Å²) in [5, 5.41) is 3.16. The topological polar surface area (TPSA) is 61.9 Å². The van der Waals surface area contributed by atoms with E-state index in [2.05, 4.69) is 42.3 Å². The molecule has 0 spiro atoms. The molecule has 0 aromatic heterocycles. The highest BCUT2D eigenvalue weighted by Gasteiger charge is 2.21. The maximum Gasteiger partial charge on any atom is 0.238 e. The van der Waals surface area contributed by atoms with Crippen LogP contribution in [0.1, 0.15) is 43.4 Å². The van der Waals surface area contributed by atoms with E-state index in [0.717, 1.165) is 62.3 Å². The lowest BCUT2D eigenvalue weighted by Gasteiger charge is -2.22. The van der Waals surface area contributed by atoms with Crippen LogP contribution in [0, 0.1) is 0 Å². The molecule has 1 aliphatic heterocycles. The number of benzene rings is 2. The van der Waals surface area contributed by atoms with Crippen molar-refractivity contribution in [1.82, 2.24) is 9.80 Å². The summed E-state index contributed by atoms with van der Waals surface area (Å²) >= 11 is 0. The summed E-state index contributed by atoms with van der Waals surface area (Å²) in [7, 11) is 1.65. The van der Waals surface area contributed by atoms with Crippen molar-refractivity contribution >= 4 is 17.5 Å². The van der Waals surface area contributed by atoms with E-state index in [1.807, 2.05) is 29.2 Å². The monoisotopic (exact) mass is 451 g/mol. The highest BCUT2D eigenvalue weighted by atomic mass is 16.5. The number of methoxy groups -OCH3 is 1. The van der Waals surface area contributed by atoms with Crippen LogP contribution in [0.2, 0.25) is 0 Å². The fourth-order valence-corrected chi connectivity index (χ4v) is 4.37. The normalized spacial score (nSPS) is 14.6. The first kappa shape index (κ1) is 24.8. The zero-order chi connectivity index (χ0) is 23.6. The molecule has 6 heteroatoms. The molecule has 0 bridgehead atoms. The van der Waals surface area contributed by atoms with Crippen molar-refractivity contribution in [1.29, 1.82) is 0 Å². The molecule has 2 aromatic carbocycles. The highest BCUT2D eigenvalue weighted by molar-refractivity contribution is 5.93. The number of rotatable bonds is 9. The van der Waals surface area contributed by atoms with E-state index in [4.69, 9.17) is 4.74 Å². The average Bonchev–Trinajstić information content (AvgIpc) is 3.08. The number of para-hydroxylation sites is 1. The Bertz CT molecular complexity index is 904. The smallest absolute Gasteiger partial charge is 0.238 e. The van der Waals surface area contributed by atoms with Crippen LogP contribution in [0.5, 0.6) is 5.75 Å². The molecule has 1 heterocycles. The van der Waals surface area contributed by atoms with Crippen LogP contribution < -0.4 is 10.1 Å². The summed E-state index contributed by atoms with van der Waals surface area (Å²) in [6, 6.07) is 14.1. The first-order valence-corrected chi connectivity index (χ1v) is 12.1. The molecule has 0 atom stereocenters. The number of nitrogens with zero attached hydrogens (tertiary/aromatic N) is 2. The molecule has 33 heavy (non-hydrogen) atoms. The molecular formula is C27H37N3O3. The largest absolute Gasteiger partial charge is 0.497 e. The Kier molecular flexibility index (Phi) is 9.31. The van der Waals surface area contributed by atoms with E-state index in [1.54, 1.807) is 7.11 Å². The number of ether oxygens (including phenoxy) is 1. The van der Waals surface area contributed by atoms with Gasteiger partial charge < -0.3 is 15.0 Å². The number of hydrogen-bond donors (Lipinski definition) is 1. The van der Waals surface area contributed by atoms with Gasteiger partial charge in [-0.05, 0) is 54.5 Å². The van der Waals surface area contributed by atoms with Crippen molar-refractivity contribution in [2.75, 3.05) is 45.2 Å². The van der Waals surface area contributed by atoms with Gasteiger partial charge in [-0.3, -0.25) is 14.5 Å². The predicted octanol–water partition coefficient (Wildman–Crippen LogP) is 3.93. The van der Waals surface area contributed by atoms with Crippen LogP contribution in [-0.4, -0.2) is 61.4 Å². The van der Waals surface area contributed by atoms with Crippen LogP contribution in [0.25, 0.3) is 0 Å². The Morgan fingerprint density at radius 3 is 2.27 bits per heavy atom. The molecule has 2 amide bonds. The molecule has 0 saturated carbocycles. The number of hydrogen-bond acceptors (Lipinski definition) is 4. The Hall–Kier alpha value is -2.86. The second-order valence-corrected chi connectivity index (χ2v) is 8.57. The lowest BCUT2D eigenvalue weighted by Crippen LogP contribution is -2.38. The van der Waals surface area contributed by atoms with E-state index in [9.17, 15) is 9.59 Å². The molecule has 1 aliphatic rings. The molecule has 2 aromatic rings. The van der Waals surface area contributed by atoms with Crippen LogP contribution in [-0.2, 0) is 28.9 Å². The summed E-state index contributed by atoms with van der Waals surface area (Å²) in [5.74, 6) is 1.03. The molecule has 1 saturated heterocycles. The molecule has 1 N–H and O–H groups in total. The molecule has 0 radical (unpaired) electrons. The van der Waals surface area contributed by atoms with Gasteiger partial charge >= 0.3 is 0 Å². The summed E-state index contributed by atoms with van der Waals surface area (Å²) in [6.45, 7) is 7.54. The maximum absolute atomic E-state index is 12.8. The van der Waals surface area contributed by atoms with Crippen LogP contribution >= 0.6 is 0 Å². The molecule has 0 aliphatic carbocycles. The maximum atomic E-state index is 12.8. The van der Waals surface area contributed by atoms with Gasteiger partial charge in [-0.15, -0.1) is 0 Å². The number of anilines is 1. The predicted molar refractivity (Wildman–Crippen MR) is 133 cm³/mol. The zero-order valence-electron chi connectivity index (χ0n) is 20.2. The van der Waals surface area contributed by atoms with Gasteiger partial charge in [0.2, 0.25) is 11.8 Å². The third-order valence-corrected chi connectivity index (χ3v) is 6.36. The highest BCUT2D eigenvalue weighted by Crippen LogP contribution is 2.22. The summed E-state index contributed by atoms with van der Waals surface area (Å²) in [6.07, 6.45) is 3.89. The van der Waals surface area contributed by atoms with Gasteiger partial charge in [0.15, 0.2) is 0 Å². The number of aryl methyl sites for hydroxylation is 3. The third kappa shape index (κ3) is 7.06. The van der Waals surface area contributed by atoms with Crippen molar-refractivity contribution < 1.29 is 14.3 Å². The zero-order valence-corrected chi connectivity index (χ0v) is 20.2. The van der Waals surface area contributed by atoms with Gasteiger partial charge in [-0.1, -0.05) is 44.2 Å². The fraction of sp³-hybridized carbons (Fsp3) is 0.481. The minimum atomic E-state index is 0.0184. The van der Waals surface area contributed by atoms with Crippen molar-refractivity contribution in [2.24, 2.45) is 0 Å².